The van der Waals surface area contributed by atoms with Crippen LogP contribution in [0.3, 0.4) is 0 Å². The summed E-state index contributed by atoms with van der Waals surface area (Å²) in [7, 11) is 0. The maximum atomic E-state index is 11.9. The maximum absolute atomic E-state index is 11.9. The molecule has 0 unspecified atom stereocenters. The Morgan fingerprint density at radius 2 is 2.05 bits per heavy atom. The van der Waals surface area contributed by atoms with Crippen molar-refractivity contribution in [2.45, 2.75) is 13.8 Å². The molecule has 0 aliphatic carbocycles. The molecule has 0 heterocycles. The van der Waals surface area contributed by atoms with Crippen LogP contribution < -0.4 is 15.8 Å². The van der Waals surface area contributed by atoms with Gasteiger partial charge in [0.15, 0.2) is 6.61 Å². The predicted octanol–water partition coefficient (Wildman–Crippen LogP) is 3.56. The van der Waals surface area contributed by atoms with E-state index in [-0.39, 0.29) is 12.5 Å². The average molecular weight is 305 g/mol. The van der Waals surface area contributed by atoms with Crippen molar-refractivity contribution in [1.82, 2.24) is 0 Å². The summed E-state index contributed by atoms with van der Waals surface area (Å²) in [5.41, 5.74) is 8.81. The van der Waals surface area contributed by atoms with Crippen molar-refractivity contribution in [3.05, 3.63) is 52.5 Å². The van der Waals surface area contributed by atoms with Gasteiger partial charge in [0.05, 0.1) is 10.7 Å². The zero-order valence-electron chi connectivity index (χ0n) is 11.9. The summed E-state index contributed by atoms with van der Waals surface area (Å²) >= 11 is 6.14. The van der Waals surface area contributed by atoms with Gasteiger partial charge in [-0.25, -0.2) is 0 Å². The lowest BCUT2D eigenvalue weighted by Crippen LogP contribution is -2.21. The molecular weight excluding hydrogens is 288 g/mol. The van der Waals surface area contributed by atoms with Crippen molar-refractivity contribution in [2.75, 3.05) is 17.7 Å². The molecule has 1 amide bonds. The van der Waals surface area contributed by atoms with Crippen LogP contribution in [0.5, 0.6) is 5.75 Å². The fraction of sp³-hybridized carbons (Fsp3) is 0.188. The highest BCUT2D eigenvalue weighted by molar-refractivity contribution is 6.34. The molecule has 4 nitrogen and oxygen atoms in total. The molecule has 0 fully saturated rings. The molecule has 0 radical (unpaired) electrons. The number of aryl methyl sites for hydroxylation is 2. The SMILES string of the molecule is Cc1cc(C)c(NC(=O)COc2cccc(N)c2)c(Cl)c1. The van der Waals surface area contributed by atoms with Gasteiger partial charge < -0.3 is 15.8 Å². The topological polar surface area (TPSA) is 64.3 Å². The molecule has 0 saturated heterocycles. The third kappa shape index (κ3) is 4.13. The lowest BCUT2D eigenvalue weighted by Gasteiger charge is -2.12. The quantitative estimate of drug-likeness (QED) is 0.849. The number of nitrogens with one attached hydrogen (secondary N) is 1. The fourth-order valence-electron chi connectivity index (χ4n) is 2.00. The first-order valence-electron chi connectivity index (χ1n) is 6.50. The number of carbonyl (C=O) groups excluding carboxylic acids is 1. The fourth-order valence-corrected chi connectivity index (χ4v) is 2.37. The Kier molecular flexibility index (Phi) is 4.70. The van der Waals surface area contributed by atoms with Crippen molar-refractivity contribution < 1.29 is 9.53 Å². The van der Waals surface area contributed by atoms with Crippen LogP contribution in [-0.2, 0) is 4.79 Å². The molecule has 0 aromatic heterocycles. The molecule has 0 aliphatic rings. The normalized spacial score (nSPS) is 10.2. The predicted molar refractivity (Wildman–Crippen MR) is 85.9 cm³/mol. The Balaban J connectivity index is 1.99. The van der Waals surface area contributed by atoms with Gasteiger partial charge in [0.2, 0.25) is 0 Å². The molecule has 0 atom stereocenters. The van der Waals surface area contributed by atoms with Crippen LogP contribution in [0.1, 0.15) is 11.1 Å². The van der Waals surface area contributed by atoms with E-state index in [1.54, 1.807) is 24.3 Å². The molecule has 2 aromatic rings. The second-order valence-corrected chi connectivity index (χ2v) is 5.26. The van der Waals surface area contributed by atoms with Crippen LogP contribution >= 0.6 is 11.6 Å². The summed E-state index contributed by atoms with van der Waals surface area (Å²) in [5.74, 6) is 0.281. The molecule has 3 N–H and O–H groups in total. The highest BCUT2D eigenvalue weighted by Gasteiger charge is 2.10. The molecule has 2 rings (SSSR count). The summed E-state index contributed by atoms with van der Waals surface area (Å²) in [5, 5.41) is 3.28. The number of rotatable bonds is 4. The van der Waals surface area contributed by atoms with E-state index in [0.717, 1.165) is 11.1 Å². The summed E-state index contributed by atoms with van der Waals surface area (Å²) < 4.78 is 5.39. The summed E-state index contributed by atoms with van der Waals surface area (Å²) in [6.07, 6.45) is 0. The molecule has 0 bridgehead atoms. The largest absolute Gasteiger partial charge is 0.484 e. The number of benzene rings is 2. The molecule has 5 heteroatoms. The van der Waals surface area contributed by atoms with Gasteiger partial charge in [-0.15, -0.1) is 0 Å². The molecule has 110 valence electrons. The van der Waals surface area contributed by atoms with E-state index in [2.05, 4.69) is 5.32 Å². The number of nitrogens with two attached hydrogens (primary N) is 1. The third-order valence-corrected chi connectivity index (χ3v) is 3.22. The van der Waals surface area contributed by atoms with E-state index in [1.165, 1.54) is 0 Å². The minimum absolute atomic E-state index is 0.104. The summed E-state index contributed by atoms with van der Waals surface area (Å²) in [6, 6.07) is 10.7. The number of nitrogen functional groups attached to an aromatic ring is 1. The number of hydrogen-bond donors (Lipinski definition) is 2. The highest BCUT2D eigenvalue weighted by Crippen LogP contribution is 2.27. The summed E-state index contributed by atoms with van der Waals surface area (Å²) in [4.78, 5) is 11.9. The Hall–Kier alpha value is -2.20. The first kappa shape index (κ1) is 15.2. The van der Waals surface area contributed by atoms with Crippen molar-refractivity contribution in [3.8, 4) is 5.75 Å². The number of ether oxygens (including phenoxy) is 1. The Morgan fingerprint density at radius 3 is 2.71 bits per heavy atom. The number of amides is 1. The van der Waals surface area contributed by atoms with Gasteiger partial charge in [0.1, 0.15) is 5.75 Å². The lowest BCUT2D eigenvalue weighted by atomic mass is 10.1. The van der Waals surface area contributed by atoms with Gasteiger partial charge >= 0.3 is 0 Å². The van der Waals surface area contributed by atoms with E-state index in [9.17, 15) is 4.79 Å². The highest BCUT2D eigenvalue weighted by atomic mass is 35.5. The zero-order valence-corrected chi connectivity index (χ0v) is 12.7. The Bertz CT molecular complexity index is 648. The van der Waals surface area contributed by atoms with Crippen LogP contribution in [-0.4, -0.2) is 12.5 Å². The van der Waals surface area contributed by atoms with Crippen molar-refractivity contribution in [2.24, 2.45) is 0 Å². The van der Waals surface area contributed by atoms with Crippen LogP contribution in [0.25, 0.3) is 0 Å². The Labute approximate surface area is 128 Å². The minimum Gasteiger partial charge on any atom is -0.484 e. The van der Waals surface area contributed by atoms with Crippen molar-refractivity contribution in [3.63, 3.8) is 0 Å². The monoisotopic (exact) mass is 304 g/mol. The molecule has 21 heavy (non-hydrogen) atoms. The van der Waals surface area contributed by atoms with Crippen molar-refractivity contribution >= 4 is 28.9 Å². The molecule has 0 spiro atoms. The van der Waals surface area contributed by atoms with Gasteiger partial charge in [-0.2, -0.15) is 0 Å². The number of carbonyl (C=O) groups is 1. The number of halogens is 1. The van der Waals surface area contributed by atoms with Gasteiger partial charge in [0, 0.05) is 11.8 Å². The van der Waals surface area contributed by atoms with Gasteiger partial charge in [-0.1, -0.05) is 23.7 Å². The van der Waals surface area contributed by atoms with Gasteiger partial charge in [-0.05, 0) is 43.2 Å². The average Bonchev–Trinajstić information content (AvgIpc) is 2.40. The van der Waals surface area contributed by atoms with E-state index < -0.39 is 0 Å². The van der Waals surface area contributed by atoms with Crippen LogP contribution in [0.2, 0.25) is 5.02 Å². The lowest BCUT2D eigenvalue weighted by molar-refractivity contribution is -0.118. The van der Waals surface area contributed by atoms with E-state index in [0.29, 0.717) is 22.1 Å². The van der Waals surface area contributed by atoms with Crippen LogP contribution in [0.15, 0.2) is 36.4 Å². The van der Waals surface area contributed by atoms with Crippen LogP contribution in [0.4, 0.5) is 11.4 Å². The zero-order chi connectivity index (χ0) is 15.4. The third-order valence-electron chi connectivity index (χ3n) is 2.92. The van der Waals surface area contributed by atoms with E-state index in [4.69, 9.17) is 22.1 Å². The molecule has 2 aromatic carbocycles. The first-order chi connectivity index (χ1) is 9.95. The second-order valence-electron chi connectivity index (χ2n) is 4.85. The standard InChI is InChI=1S/C16H17ClN2O2/c1-10-6-11(2)16(14(17)7-10)19-15(20)9-21-13-5-3-4-12(18)8-13/h3-8H,9,18H2,1-2H3,(H,19,20). The number of anilines is 2. The van der Waals surface area contributed by atoms with Gasteiger partial charge in [-0.3, -0.25) is 4.79 Å². The minimum atomic E-state index is -0.272. The smallest absolute Gasteiger partial charge is 0.262 e. The summed E-state index contributed by atoms with van der Waals surface area (Å²) in [6.45, 7) is 3.74. The van der Waals surface area contributed by atoms with Gasteiger partial charge in [0.25, 0.3) is 5.91 Å². The van der Waals surface area contributed by atoms with E-state index in [1.807, 2.05) is 26.0 Å². The molecule has 0 saturated carbocycles. The molecule has 0 aliphatic heterocycles. The maximum Gasteiger partial charge on any atom is 0.262 e. The number of hydrogen-bond acceptors (Lipinski definition) is 3. The second kappa shape index (κ2) is 6.50. The van der Waals surface area contributed by atoms with E-state index >= 15 is 0 Å². The van der Waals surface area contributed by atoms with Crippen LogP contribution in [0, 0.1) is 13.8 Å². The molecular formula is C16H17ClN2O2. The van der Waals surface area contributed by atoms with Crippen molar-refractivity contribution in [1.29, 1.82) is 0 Å². The Morgan fingerprint density at radius 1 is 1.29 bits per heavy atom. The first-order valence-corrected chi connectivity index (χ1v) is 6.88.